The SMILES string of the molecule is CC1(C(=O)O)CCN(Cc2cccnc2C#N)CC1. The number of hydrogen-bond donors (Lipinski definition) is 1. The second kappa shape index (κ2) is 5.37. The van der Waals surface area contributed by atoms with E-state index in [0.29, 0.717) is 25.1 Å². The first-order valence-corrected chi connectivity index (χ1v) is 6.35. The normalized spacial score (nSPS) is 18.7. The molecule has 0 aromatic carbocycles. The molecule has 0 spiro atoms. The van der Waals surface area contributed by atoms with Gasteiger partial charge < -0.3 is 5.11 Å². The third-order valence-electron chi connectivity index (χ3n) is 3.87. The molecule has 0 atom stereocenters. The van der Waals surface area contributed by atoms with Gasteiger partial charge in [-0.2, -0.15) is 5.26 Å². The van der Waals surface area contributed by atoms with Crippen molar-refractivity contribution in [1.29, 1.82) is 5.26 Å². The van der Waals surface area contributed by atoms with Crippen molar-refractivity contribution in [2.24, 2.45) is 5.41 Å². The van der Waals surface area contributed by atoms with E-state index in [-0.39, 0.29) is 0 Å². The maximum Gasteiger partial charge on any atom is 0.309 e. The minimum absolute atomic E-state index is 0.453. The lowest BCUT2D eigenvalue weighted by molar-refractivity contribution is -0.150. The van der Waals surface area contributed by atoms with E-state index in [1.807, 2.05) is 12.1 Å². The quantitative estimate of drug-likeness (QED) is 0.892. The molecule has 0 radical (unpaired) electrons. The average Bonchev–Trinajstić information content (AvgIpc) is 2.42. The topological polar surface area (TPSA) is 77.2 Å². The van der Waals surface area contributed by atoms with Crippen LogP contribution in [0.15, 0.2) is 18.3 Å². The highest BCUT2D eigenvalue weighted by Gasteiger charge is 2.36. The van der Waals surface area contributed by atoms with Gasteiger partial charge in [0.25, 0.3) is 0 Å². The molecule has 0 aliphatic carbocycles. The van der Waals surface area contributed by atoms with E-state index in [1.165, 1.54) is 0 Å². The van der Waals surface area contributed by atoms with Crippen molar-refractivity contribution in [2.45, 2.75) is 26.3 Å². The highest BCUT2D eigenvalue weighted by Crippen LogP contribution is 2.31. The van der Waals surface area contributed by atoms with Crippen LogP contribution in [0.1, 0.15) is 31.0 Å². The molecule has 100 valence electrons. The van der Waals surface area contributed by atoms with Crippen molar-refractivity contribution in [3.63, 3.8) is 0 Å². The Kier molecular flexibility index (Phi) is 3.82. The van der Waals surface area contributed by atoms with Crippen LogP contribution in [-0.2, 0) is 11.3 Å². The monoisotopic (exact) mass is 259 g/mol. The molecule has 2 heterocycles. The van der Waals surface area contributed by atoms with Gasteiger partial charge in [-0.3, -0.25) is 9.69 Å². The molecule has 2 rings (SSSR count). The van der Waals surface area contributed by atoms with Crippen LogP contribution in [-0.4, -0.2) is 34.0 Å². The number of aliphatic carboxylic acids is 1. The second-order valence-electron chi connectivity index (χ2n) is 5.26. The minimum Gasteiger partial charge on any atom is -0.481 e. The zero-order valence-electron chi connectivity index (χ0n) is 11.0. The molecule has 1 aliphatic heterocycles. The van der Waals surface area contributed by atoms with E-state index in [4.69, 9.17) is 5.26 Å². The Balaban J connectivity index is 2.00. The highest BCUT2D eigenvalue weighted by atomic mass is 16.4. The summed E-state index contributed by atoms with van der Waals surface area (Å²) in [4.78, 5) is 17.4. The van der Waals surface area contributed by atoms with Crippen LogP contribution in [0.25, 0.3) is 0 Å². The second-order valence-corrected chi connectivity index (χ2v) is 5.26. The van der Waals surface area contributed by atoms with E-state index in [2.05, 4.69) is 16.0 Å². The zero-order valence-corrected chi connectivity index (χ0v) is 11.0. The Morgan fingerprint density at radius 3 is 2.84 bits per heavy atom. The van der Waals surface area contributed by atoms with Crippen molar-refractivity contribution >= 4 is 5.97 Å². The smallest absolute Gasteiger partial charge is 0.309 e. The van der Waals surface area contributed by atoms with Gasteiger partial charge in [-0.25, -0.2) is 4.98 Å². The number of rotatable bonds is 3. The first-order chi connectivity index (χ1) is 9.05. The Morgan fingerprint density at radius 2 is 2.26 bits per heavy atom. The molecule has 0 unspecified atom stereocenters. The lowest BCUT2D eigenvalue weighted by Gasteiger charge is -2.36. The van der Waals surface area contributed by atoms with Gasteiger partial charge in [-0.05, 0) is 38.9 Å². The third-order valence-corrected chi connectivity index (χ3v) is 3.87. The highest BCUT2D eigenvalue weighted by molar-refractivity contribution is 5.74. The number of likely N-dealkylation sites (tertiary alicyclic amines) is 1. The summed E-state index contributed by atoms with van der Waals surface area (Å²) < 4.78 is 0. The maximum atomic E-state index is 11.2. The molecular weight excluding hydrogens is 242 g/mol. The van der Waals surface area contributed by atoms with Crippen molar-refractivity contribution in [2.75, 3.05) is 13.1 Å². The van der Waals surface area contributed by atoms with Crippen molar-refractivity contribution in [3.05, 3.63) is 29.6 Å². The van der Waals surface area contributed by atoms with E-state index in [0.717, 1.165) is 18.7 Å². The predicted molar refractivity (Wildman–Crippen MR) is 69.2 cm³/mol. The number of pyridine rings is 1. The van der Waals surface area contributed by atoms with Crippen LogP contribution in [0, 0.1) is 16.7 Å². The van der Waals surface area contributed by atoms with E-state index < -0.39 is 11.4 Å². The number of carboxylic acids is 1. The van der Waals surface area contributed by atoms with Gasteiger partial charge in [0, 0.05) is 18.3 Å². The van der Waals surface area contributed by atoms with Gasteiger partial charge in [0.15, 0.2) is 0 Å². The largest absolute Gasteiger partial charge is 0.481 e. The summed E-state index contributed by atoms with van der Waals surface area (Å²) in [7, 11) is 0. The van der Waals surface area contributed by atoms with Gasteiger partial charge in [0.1, 0.15) is 11.8 Å². The standard InChI is InChI=1S/C14H17N3O2/c1-14(13(18)19)4-7-17(8-5-14)10-11-3-2-6-16-12(11)9-15/h2-3,6H,4-5,7-8,10H2,1H3,(H,18,19). The molecule has 19 heavy (non-hydrogen) atoms. The Bertz CT molecular complexity index is 514. The fraction of sp³-hybridized carbons (Fsp3) is 0.500. The van der Waals surface area contributed by atoms with Gasteiger partial charge in [0.2, 0.25) is 0 Å². The first kappa shape index (κ1) is 13.5. The maximum absolute atomic E-state index is 11.2. The summed E-state index contributed by atoms with van der Waals surface area (Å²) >= 11 is 0. The summed E-state index contributed by atoms with van der Waals surface area (Å²) in [5.74, 6) is -0.716. The molecular formula is C14H17N3O2. The summed E-state index contributed by atoms with van der Waals surface area (Å²) in [6.45, 7) is 3.94. The Labute approximate surface area is 112 Å². The van der Waals surface area contributed by atoms with Crippen molar-refractivity contribution < 1.29 is 9.90 Å². The van der Waals surface area contributed by atoms with Crippen LogP contribution >= 0.6 is 0 Å². The molecule has 1 aliphatic rings. The minimum atomic E-state index is -0.716. The van der Waals surface area contributed by atoms with Crippen molar-refractivity contribution in [1.82, 2.24) is 9.88 Å². The molecule has 0 bridgehead atoms. The lowest BCUT2D eigenvalue weighted by atomic mass is 9.80. The Morgan fingerprint density at radius 1 is 1.58 bits per heavy atom. The zero-order chi connectivity index (χ0) is 13.9. The molecule has 1 aromatic heterocycles. The summed E-state index contributed by atoms with van der Waals surface area (Å²) in [5, 5.41) is 18.2. The van der Waals surface area contributed by atoms with E-state index >= 15 is 0 Å². The fourth-order valence-electron chi connectivity index (χ4n) is 2.33. The molecule has 0 saturated carbocycles. The van der Waals surface area contributed by atoms with Crippen LogP contribution in [0.2, 0.25) is 0 Å². The average molecular weight is 259 g/mol. The molecule has 0 amide bonds. The summed E-state index contributed by atoms with van der Waals surface area (Å²) in [6, 6.07) is 5.81. The summed E-state index contributed by atoms with van der Waals surface area (Å²) in [5.41, 5.74) is 0.752. The van der Waals surface area contributed by atoms with Gasteiger partial charge in [-0.15, -0.1) is 0 Å². The van der Waals surface area contributed by atoms with Crippen LogP contribution in [0.5, 0.6) is 0 Å². The fourth-order valence-corrected chi connectivity index (χ4v) is 2.33. The first-order valence-electron chi connectivity index (χ1n) is 6.35. The van der Waals surface area contributed by atoms with Gasteiger partial charge in [-0.1, -0.05) is 6.07 Å². The number of carboxylic acid groups (broad SMARTS) is 1. The van der Waals surface area contributed by atoms with Crippen LogP contribution in [0.4, 0.5) is 0 Å². The van der Waals surface area contributed by atoms with Crippen molar-refractivity contribution in [3.8, 4) is 6.07 Å². The molecule has 1 saturated heterocycles. The molecule has 1 aromatic rings. The third kappa shape index (κ3) is 2.91. The van der Waals surface area contributed by atoms with E-state index in [9.17, 15) is 9.90 Å². The van der Waals surface area contributed by atoms with Crippen LogP contribution < -0.4 is 0 Å². The molecule has 1 N–H and O–H groups in total. The predicted octanol–water partition coefficient (Wildman–Crippen LogP) is 1.64. The number of carbonyl (C=O) groups is 1. The van der Waals surface area contributed by atoms with E-state index in [1.54, 1.807) is 13.1 Å². The van der Waals surface area contributed by atoms with Gasteiger partial charge in [0.05, 0.1) is 5.41 Å². The molecule has 5 nitrogen and oxygen atoms in total. The number of piperidine rings is 1. The number of aromatic nitrogens is 1. The Hall–Kier alpha value is -1.93. The van der Waals surface area contributed by atoms with Gasteiger partial charge >= 0.3 is 5.97 Å². The van der Waals surface area contributed by atoms with Crippen LogP contribution in [0.3, 0.4) is 0 Å². The molecule has 5 heteroatoms. The summed E-state index contributed by atoms with van der Waals surface area (Å²) in [6.07, 6.45) is 2.90. The number of nitrogens with zero attached hydrogens (tertiary/aromatic N) is 3. The lowest BCUT2D eigenvalue weighted by Crippen LogP contribution is -2.42. The molecule has 1 fully saturated rings. The number of hydrogen-bond acceptors (Lipinski definition) is 4. The number of nitriles is 1.